The van der Waals surface area contributed by atoms with Crippen molar-refractivity contribution >= 4 is 0 Å². The van der Waals surface area contributed by atoms with Gasteiger partial charge in [-0.15, -0.1) is 6.58 Å². The summed E-state index contributed by atoms with van der Waals surface area (Å²) in [4.78, 5) is 0. The van der Waals surface area contributed by atoms with Crippen LogP contribution in [-0.4, -0.2) is 0 Å². The number of rotatable bonds is 6. The number of allylic oxidation sites excluding steroid dienone is 1. The Morgan fingerprint density at radius 1 is 1.25 bits per heavy atom. The van der Waals surface area contributed by atoms with E-state index in [4.69, 9.17) is 0 Å². The second kappa shape index (κ2) is 6.28. The summed E-state index contributed by atoms with van der Waals surface area (Å²) in [5, 5.41) is 0. The van der Waals surface area contributed by atoms with Crippen LogP contribution in [0.5, 0.6) is 0 Å². The average molecular weight is 168 g/mol. The van der Waals surface area contributed by atoms with Crippen LogP contribution in [-0.2, 0) is 0 Å². The summed E-state index contributed by atoms with van der Waals surface area (Å²) < 4.78 is 0. The van der Waals surface area contributed by atoms with Gasteiger partial charge in [0.15, 0.2) is 0 Å². The first-order valence-corrected chi connectivity index (χ1v) is 5.24. The molecule has 0 nitrogen and oxygen atoms in total. The smallest absolute Gasteiger partial charge is 0.0262 e. The van der Waals surface area contributed by atoms with Crippen LogP contribution in [0.1, 0.15) is 47.0 Å². The maximum Gasteiger partial charge on any atom is -0.0262 e. The second-order valence-corrected chi connectivity index (χ2v) is 4.24. The molecule has 0 bridgehead atoms. The van der Waals surface area contributed by atoms with Gasteiger partial charge in [0.2, 0.25) is 0 Å². The van der Waals surface area contributed by atoms with Crippen LogP contribution >= 0.6 is 0 Å². The predicted molar refractivity (Wildman–Crippen MR) is 57.2 cm³/mol. The van der Waals surface area contributed by atoms with Crippen molar-refractivity contribution in [3.63, 3.8) is 0 Å². The average Bonchev–Trinajstić information content (AvgIpc) is 2.03. The highest BCUT2D eigenvalue weighted by Crippen LogP contribution is 2.25. The normalized spacial score (nSPS) is 16.1. The molecule has 0 N–H and O–H groups in total. The highest BCUT2D eigenvalue weighted by atomic mass is 14.2. The van der Waals surface area contributed by atoms with Crippen LogP contribution < -0.4 is 0 Å². The minimum Gasteiger partial charge on any atom is -0.103 e. The summed E-state index contributed by atoms with van der Waals surface area (Å²) in [5.41, 5.74) is 0. The lowest BCUT2D eigenvalue weighted by Gasteiger charge is -2.22. The monoisotopic (exact) mass is 168 g/mol. The molecule has 0 rings (SSSR count). The molecule has 0 aromatic rings. The highest BCUT2D eigenvalue weighted by Gasteiger charge is 2.13. The molecule has 0 heterocycles. The first kappa shape index (κ1) is 11.7. The molecule has 2 atom stereocenters. The van der Waals surface area contributed by atoms with Gasteiger partial charge < -0.3 is 0 Å². The zero-order chi connectivity index (χ0) is 9.56. The molecule has 0 spiro atoms. The van der Waals surface area contributed by atoms with E-state index in [1.807, 2.05) is 0 Å². The van der Waals surface area contributed by atoms with Crippen LogP contribution in [0.15, 0.2) is 12.7 Å². The van der Waals surface area contributed by atoms with Crippen molar-refractivity contribution < 1.29 is 0 Å². The summed E-state index contributed by atoms with van der Waals surface area (Å²) in [6, 6.07) is 0. The van der Waals surface area contributed by atoms with E-state index in [9.17, 15) is 0 Å². The van der Waals surface area contributed by atoms with Crippen molar-refractivity contribution in [2.75, 3.05) is 0 Å². The summed E-state index contributed by atoms with van der Waals surface area (Å²) in [7, 11) is 0. The molecule has 0 aromatic carbocycles. The molecule has 72 valence electrons. The lowest BCUT2D eigenvalue weighted by molar-refractivity contribution is 0.307. The Balaban J connectivity index is 3.85. The van der Waals surface area contributed by atoms with E-state index in [0.717, 1.165) is 11.8 Å². The predicted octanol–water partition coefficient (Wildman–Crippen LogP) is 4.27. The minimum absolute atomic E-state index is 0.684. The molecular weight excluding hydrogens is 144 g/mol. The molecule has 0 aromatic heterocycles. The fraction of sp³-hybridized carbons (Fsp3) is 0.833. The Hall–Kier alpha value is -0.260. The van der Waals surface area contributed by atoms with Crippen LogP contribution in [0, 0.1) is 17.8 Å². The first-order chi connectivity index (χ1) is 5.61. The molecule has 2 unspecified atom stereocenters. The van der Waals surface area contributed by atoms with Gasteiger partial charge in [-0.1, -0.05) is 46.6 Å². The maximum atomic E-state index is 3.83. The minimum atomic E-state index is 0.684. The van der Waals surface area contributed by atoms with Gasteiger partial charge in [-0.25, -0.2) is 0 Å². The number of hydrogen-bond donors (Lipinski definition) is 0. The van der Waals surface area contributed by atoms with Crippen molar-refractivity contribution in [1.82, 2.24) is 0 Å². The molecule has 0 saturated carbocycles. The molecule has 0 fully saturated rings. The van der Waals surface area contributed by atoms with Gasteiger partial charge in [0.05, 0.1) is 0 Å². The van der Waals surface area contributed by atoms with E-state index >= 15 is 0 Å². The second-order valence-electron chi connectivity index (χ2n) is 4.24. The molecular formula is C12H24. The van der Waals surface area contributed by atoms with Gasteiger partial charge in [0.1, 0.15) is 0 Å². The molecule has 0 amide bonds. The Kier molecular flexibility index (Phi) is 6.14. The fourth-order valence-electron chi connectivity index (χ4n) is 1.67. The standard InChI is InChI=1S/C12H24/c1-6-8-12(10(3)4)9-11(5)7-2/h7,10-12H,2,6,8-9H2,1,3-5H3. The summed E-state index contributed by atoms with van der Waals surface area (Å²) in [6.07, 6.45) is 6.07. The lowest BCUT2D eigenvalue weighted by atomic mass is 9.84. The largest absolute Gasteiger partial charge is 0.103 e. The first-order valence-electron chi connectivity index (χ1n) is 5.24. The van der Waals surface area contributed by atoms with Gasteiger partial charge in [-0.3, -0.25) is 0 Å². The van der Waals surface area contributed by atoms with E-state index in [1.165, 1.54) is 19.3 Å². The van der Waals surface area contributed by atoms with Crippen molar-refractivity contribution in [1.29, 1.82) is 0 Å². The molecule has 0 aliphatic heterocycles. The third-order valence-electron chi connectivity index (χ3n) is 2.68. The fourth-order valence-corrected chi connectivity index (χ4v) is 1.67. The topological polar surface area (TPSA) is 0 Å². The molecule has 0 aliphatic carbocycles. The van der Waals surface area contributed by atoms with Gasteiger partial charge >= 0.3 is 0 Å². The van der Waals surface area contributed by atoms with Gasteiger partial charge in [0.25, 0.3) is 0 Å². The van der Waals surface area contributed by atoms with E-state index < -0.39 is 0 Å². The Morgan fingerprint density at radius 2 is 1.83 bits per heavy atom. The summed E-state index contributed by atoms with van der Waals surface area (Å²) in [5.74, 6) is 2.40. The van der Waals surface area contributed by atoms with Crippen molar-refractivity contribution in [3.05, 3.63) is 12.7 Å². The Labute approximate surface area is 78.1 Å². The van der Waals surface area contributed by atoms with Crippen LogP contribution in [0.3, 0.4) is 0 Å². The Morgan fingerprint density at radius 3 is 2.17 bits per heavy atom. The third-order valence-corrected chi connectivity index (χ3v) is 2.68. The quantitative estimate of drug-likeness (QED) is 0.519. The van der Waals surface area contributed by atoms with Crippen LogP contribution in [0.25, 0.3) is 0 Å². The third kappa shape index (κ3) is 4.58. The van der Waals surface area contributed by atoms with Crippen LogP contribution in [0.2, 0.25) is 0 Å². The lowest BCUT2D eigenvalue weighted by Crippen LogP contribution is -2.11. The van der Waals surface area contributed by atoms with Gasteiger partial charge in [-0.2, -0.15) is 0 Å². The SMILES string of the molecule is C=CC(C)CC(CCC)C(C)C. The van der Waals surface area contributed by atoms with E-state index in [2.05, 4.69) is 40.3 Å². The number of hydrogen-bond acceptors (Lipinski definition) is 0. The molecule has 0 aliphatic rings. The van der Waals surface area contributed by atoms with E-state index in [-0.39, 0.29) is 0 Å². The summed E-state index contributed by atoms with van der Waals surface area (Å²) >= 11 is 0. The molecule has 0 radical (unpaired) electrons. The Bertz CT molecular complexity index is 113. The van der Waals surface area contributed by atoms with Crippen LogP contribution in [0.4, 0.5) is 0 Å². The van der Waals surface area contributed by atoms with Gasteiger partial charge in [-0.05, 0) is 24.2 Å². The molecule has 0 saturated heterocycles. The van der Waals surface area contributed by atoms with Crippen molar-refractivity contribution in [2.24, 2.45) is 17.8 Å². The highest BCUT2D eigenvalue weighted by molar-refractivity contribution is 4.78. The van der Waals surface area contributed by atoms with Gasteiger partial charge in [0, 0.05) is 0 Å². The van der Waals surface area contributed by atoms with Crippen molar-refractivity contribution in [3.8, 4) is 0 Å². The molecule has 12 heavy (non-hydrogen) atoms. The zero-order valence-electron chi connectivity index (χ0n) is 9.14. The van der Waals surface area contributed by atoms with Crippen molar-refractivity contribution in [2.45, 2.75) is 47.0 Å². The maximum absolute atomic E-state index is 3.83. The zero-order valence-corrected chi connectivity index (χ0v) is 9.14. The molecule has 0 heteroatoms. The van der Waals surface area contributed by atoms with E-state index in [0.29, 0.717) is 5.92 Å². The summed E-state index contributed by atoms with van der Waals surface area (Å²) in [6.45, 7) is 13.0. The van der Waals surface area contributed by atoms with E-state index in [1.54, 1.807) is 0 Å².